The van der Waals surface area contributed by atoms with Gasteiger partial charge in [0.15, 0.2) is 5.65 Å². The van der Waals surface area contributed by atoms with Crippen LogP contribution in [0, 0.1) is 11.7 Å². The average molecular weight is 354 g/mol. The largest absolute Gasteiger partial charge is 0.345 e. The van der Waals surface area contributed by atoms with Crippen LogP contribution in [0.4, 0.5) is 4.39 Å². The fourth-order valence-corrected chi connectivity index (χ4v) is 2.97. The van der Waals surface area contributed by atoms with Crippen LogP contribution in [0.3, 0.4) is 0 Å². The Labute approximate surface area is 152 Å². The number of amides is 1. The molecule has 0 fully saturated rings. The zero-order valence-corrected chi connectivity index (χ0v) is 15.4. The lowest BCUT2D eigenvalue weighted by atomic mass is 9.95. The van der Waals surface area contributed by atoms with Gasteiger partial charge in [-0.3, -0.25) is 4.79 Å². The Morgan fingerprint density at radius 1 is 1.12 bits per heavy atom. The molecule has 1 amide bonds. The third-order valence-electron chi connectivity index (χ3n) is 4.37. The van der Waals surface area contributed by atoms with E-state index in [4.69, 9.17) is 0 Å². The maximum absolute atomic E-state index is 13.2. The molecule has 136 valence electrons. The highest BCUT2D eigenvalue weighted by Gasteiger charge is 2.20. The number of nitrogens with one attached hydrogen (secondary N) is 1. The summed E-state index contributed by atoms with van der Waals surface area (Å²) in [7, 11) is 0. The number of hydrogen-bond acceptors (Lipinski definition) is 3. The first-order chi connectivity index (χ1) is 12.4. The first kappa shape index (κ1) is 18.0. The fraction of sp³-hybridized carbons (Fsp3) is 0.350. The summed E-state index contributed by atoms with van der Waals surface area (Å²) in [6, 6.07) is 8.00. The molecule has 1 N–H and O–H groups in total. The maximum Gasteiger partial charge on any atom is 0.253 e. The van der Waals surface area contributed by atoms with Gasteiger partial charge in [-0.2, -0.15) is 5.10 Å². The minimum atomic E-state index is -0.292. The van der Waals surface area contributed by atoms with Crippen LogP contribution in [0.2, 0.25) is 0 Å². The molecule has 1 aromatic carbocycles. The van der Waals surface area contributed by atoms with Crippen LogP contribution in [0.25, 0.3) is 11.0 Å². The Balaban J connectivity index is 1.85. The number of nitrogens with zero attached hydrogens (tertiary/aromatic N) is 3. The van der Waals surface area contributed by atoms with Gasteiger partial charge in [0.1, 0.15) is 5.82 Å². The van der Waals surface area contributed by atoms with Crippen molar-refractivity contribution in [2.75, 3.05) is 0 Å². The van der Waals surface area contributed by atoms with Crippen molar-refractivity contribution in [3.63, 3.8) is 0 Å². The molecule has 0 saturated heterocycles. The van der Waals surface area contributed by atoms with Gasteiger partial charge in [0.2, 0.25) is 0 Å². The number of carbonyl (C=O) groups excluding carboxylic acids is 1. The summed E-state index contributed by atoms with van der Waals surface area (Å²) in [5.41, 5.74) is 2.11. The summed E-state index contributed by atoms with van der Waals surface area (Å²) in [4.78, 5) is 17.1. The van der Waals surface area contributed by atoms with Gasteiger partial charge in [-0.25, -0.2) is 14.1 Å². The smallest absolute Gasteiger partial charge is 0.253 e. The zero-order chi connectivity index (χ0) is 18.8. The zero-order valence-electron chi connectivity index (χ0n) is 15.4. The highest BCUT2D eigenvalue weighted by atomic mass is 19.1. The van der Waals surface area contributed by atoms with E-state index in [2.05, 4.69) is 15.4 Å². The molecule has 1 atom stereocenters. The minimum Gasteiger partial charge on any atom is -0.345 e. The molecule has 2 heterocycles. The predicted octanol–water partition coefficient (Wildman–Crippen LogP) is 4.28. The normalized spacial score (nSPS) is 12.7. The second-order valence-corrected chi connectivity index (χ2v) is 7.07. The highest BCUT2D eigenvalue weighted by Crippen LogP contribution is 2.23. The van der Waals surface area contributed by atoms with E-state index in [-0.39, 0.29) is 29.7 Å². The van der Waals surface area contributed by atoms with Crippen LogP contribution >= 0.6 is 0 Å². The lowest BCUT2D eigenvalue weighted by molar-refractivity contribution is 0.0925. The van der Waals surface area contributed by atoms with E-state index >= 15 is 0 Å². The van der Waals surface area contributed by atoms with E-state index in [1.165, 1.54) is 12.1 Å². The molecule has 0 aliphatic rings. The van der Waals surface area contributed by atoms with Crippen LogP contribution in [-0.4, -0.2) is 20.7 Å². The molecule has 0 aliphatic heterocycles. The van der Waals surface area contributed by atoms with E-state index < -0.39 is 0 Å². The maximum atomic E-state index is 13.2. The third kappa shape index (κ3) is 3.59. The lowest BCUT2D eigenvalue weighted by Gasteiger charge is -2.23. The van der Waals surface area contributed by atoms with E-state index in [1.807, 2.05) is 32.4 Å². The summed E-state index contributed by atoms with van der Waals surface area (Å²) >= 11 is 0. The van der Waals surface area contributed by atoms with Crippen molar-refractivity contribution in [2.24, 2.45) is 5.92 Å². The summed E-state index contributed by atoms with van der Waals surface area (Å²) in [5, 5.41) is 8.19. The number of pyridine rings is 1. The molecule has 3 rings (SSSR count). The Morgan fingerprint density at radius 3 is 2.42 bits per heavy atom. The Hall–Kier alpha value is -2.76. The van der Waals surface area contributed by atoms with Crippen molar-refractivity contribution in [2.45, 2.75) is 39.8 Å². The molecule has 0 bridgehead atoms. The van der Waals surface area contributed by atoms with Crippen molar-refractivity contribution in [3.05, 3.63) is 59.7 Å². The number of benzene rings is 1. The van der Waals surface area contributed by atoms with Crippen molar-refractivity contribution in [3.8, 4) is 0 Å². The van der Waals surface area contributed by atoms with Gasteiger partial charge in [-0.15, -0.1) is 0 Å². The van der Waals surface area contributed by atoms with E-state index in [9.17, 15) is 9.18 Å². The molecule has 5 nitrogen and oxygen atoms in total. The first-order valence-electron chi connectivity index (χ1n) is 8.76. The molecular formula is C20H23FN4O. The van der Waals surface area contributed by atoms with Gasteiger partial charge >= 0.3 is 0 Å². The molecular weight excluding hydrogens is 331 g/mol. The number of carbonyl (C=O) groups is 1. The summed E-state index contributed by atoms with van der Waals surface area (Å²) < 4.78 is 15.0. The van der Waals surface area contributed by atoms with Crippen LogP contribution in [0.5, 0.6) is 0 Å². The van der Waals surface area contributed by atoms with Crippen LogP contribution < -0.4 is 5.32 Å². The van der Waals surface area contributed by atoms with Crippen molar-refractivity contribution in [1.82, 2.24) is 20.1 Å². The predicted molar refractivity (Wildman–Crippen MR) is 99.4 cm³/mol. The molecule has 0 radical (unpaired) electrons. The van der Waals surface area contributed by atoms with Gasteiger partial charge in [-0.1, -0.05) is 26.0 Å². The number of aromatic nitrogens is 3. The molecule has 0 aliphatic carbocycles. The molecule has 0 spiro atoms. The fourth-order valence-electron chi connectivity index (χ4n) is 2.97. The number of hydrogen-bond donors (Lipinski definition) is 1. The highest BCUT2D eigenvalue weighted by molar-refractivity contribution is 5.97. The standard InChI is InChI=1S/C20H23FN4O/c1-12(2)18(14-5-7-17(21)8-6-14)24-20(26)16-9-15-11-23-25(13(3)4)19(15)22-10-16/h5-13,18H,1-4H3,(H,24,26)/t18-/m1/s1. The first-order valence-corrected chi connectivity index (χ1v) is 8.76. The van der Waals surface area contributed by atoms with Gasteiger partial charge in [0.05, 0.1) is 17.8 Å². The van der Waals surface area contributed by atoms with Crippen LogP contribution in [0.15, 0.2) is 42.7 Å². The monoisotopic (exact) mass is 354 g/mol. The molecule has 0 unspecified atom stereocenters. The third-order valence-corrected chi connectivity index (χ3v) is 4.37. The Kier molecular flexibility index (Phi) is 5.02. The molecule has 26 heavy (non-hydrogen) atoms. The van der Waals surface area contributed by atoms with Crippen molar-refractivity contribution in [1.29, 1.82) is 0 Å². The van der Waals surface area contributed by atoms with Gasteiger partial charge in [-0.05, 0) is 43.5 Å². The van der Waals surface area contributed by atoms with E-state index in [0.29, 0.717) is 5.56 Å². The van der Waals surface area contributed by atoms with Gasteiger partial charge in [0.25, 0.3) is 5.91 Å². The van der Waals surface area contributed by atoms with E-state index in [1.54, 1.807) is 30.6 Å². The molecule has 0 saturated carbocycles. The summed E-state index contributed by atoms with van der Waals surface area (Å²) in [6.45, 7) is 8.10. The number of rotatable bonds is 5. The molecule has 6 heteroatoms. The molecule has 3 aromatic rings. The SMILES string of the molecule is CC(C)[C@@H](NC(=O)c1cnc2c(cnn2C(C)C)c1)c1ccc(F)cc1. The Morgan fingerprint density at radius 2 is 1.81 bits per heavy atom. The van der Waals surface area contributed by atoms with Crippen LogP contribution in [0.1, 0.15) is 55.7 Å². The van der Waals surface area contributed by atoms with Crippen molar-refractivity contribution >= 4 is 16.9 Å². The lowest BCUT2D eigenvalue weighted by Crippen LogP contribution is -2.31. The molecule has 2 aromatic heterocycles. The number of fused-ring (bicyclic) bond motifs is 1. The second-order valence-electron chi connectivity index (χ2n) is 7.07. The van der Waals surface area contributed by atoms with Gasteiger partial charge in [0, 0.05) is 17.6 Å². The van der Waals surface area contributed by atoms with Crippen LogP contribution in [-0.2, 0) is 0 Å². The second kappa shape index (κ2) is 7.23. The van der Waals surface area contributed by atoms with Gasteiger partial charge < -0.3 is 5.32 Å². The average Bonchev–Trinajstić information content (AvgIpc) is 3.03. The summed E-state index contributed by atoms with van der Waals surface area (Å²) in [5.74, 6) is -0.344. The van der Waals surface area contributed by atoms with Crippen molar-refractivity contribution < 1.29 is 9.18 Å². The quantitative estimate of drug-likeness (QED) is 0.744. The topological polar surface area (TPSA) is 59.8 Å². The number of halogens is 1. The summed E-state index contributed by atoms with van der Waals surface area (Å²) in [6.07, 6.45) is 3.29. The Bertz CT molecular complexity index is 915. The van der Waals surface area contributed by atoms with E-state index in [0.717, 1.165) is 16.6 Å². The minimum absolute atomic E-state index is 0.157.